The van der Waals surface area contributed by atoms with Gasteiger partial charge in [-0.05, 0) is 28.8 Å². The Balaban J connectivity index is 1.71. The number of nitrogens with zero attached hydrogens (tertiary/aromatic N) is 2. The Kier molecular flexibility index (Phi) is 4.62. The highest BCUT2D eigenvalue weighted by Gasteiger charge is 2.40. The SMILES string of the molecule is CN(Cc1ccccc1Br)N1C(=O)[C@@H](c2ccccc2)c2ccccc21. The first-order valence-electron chi connectivity index (χ1n) is 8.59. The zero-order chi connectivity index (χ0) is 18.1. The van der Waals surface area contributed by atoms with E-state index in [0.29, 0.717) is 6.54 Å². The van der Waals surface area contributed by atoms with Crippen LogP contribution in [0, 0.1) is 0 Å². The summed E-state index contributed by atoms with van der Waals surface area (Å²) in [5.74, 6) is -0.166. The van der Waals surface area contributed by atoms with E-state index in [2.05, 4.69) is 28.1 Å². The molecule has 3 aromatic rings. The number of anilines is 1. The second-order valence-electron chi connectivity index (χ2n) is 6.46. The molecule has 0 fully saturated rings. The fourth-order valence-corrected chi connectivity index (χ4v) is 3.97. The summed E-state index contributed by atoms with van der Waals surface area (Å²) in [6.45, 7) is 0.642. The van der Waals surface area contributed by atoms with Crippen LogP contribution < -0.4 is 5.01 Å². The van der Waals surface area contributed by atoms with E-state index >= 15 is 0 Å². The largest absolute Gasteiger partial charge is 0.272 e. The number of fused-ring (bicyclic) bond motifs is 1. The molecule has 1 heterocycles. The lowest BCUT2D eigenvalue weighted by Crippen LogP contribution is -2.42. The van der Waals surface area contributed by atoms with Crippen LogP contribution in [0.4, 0.5) is 5.69 Å². The van der Waals surface area contributed by atoms with Gasteiger partial charge in [0.2, 0.25) is 0 Å². The van der Waals surface area contributed by atoms with E-state index < -0.39 is 0 Å². The van der Waals surface area contributed by atoms with Crippen molar-refractivity contribution >= 4 is 27.5 Å². The molecule has 3 aromatic carbocycles. The Bertz CT molecular complexity index is 942. The number of carbonyl (C=O) groups excluding carboxylic acids is 1. The number of hydrogen-bond acceptors (Lipinski definition) is 2. The van der Waals surface area contributed by atoms with Crippen molar-refractivity contribution in [2.75, 3.05) is 12.1 Å². The number of rotatable bonds is 4. The molecule has 1 aliphatic rings. The summed E-state index contributed by atoms with van der Waals surface area (Å²) < 4.78 is 1.05. The smallest absolute Gasteiger partial charge is 0.253 e. The van der Waals surface area contributed by atoms with Gasteiger partial charge < -0.3 is 0 Å². The molecule has 0 saturated heterocycles. The molecule has 0 aromatic heterocycles. The first kappa shape index (κ1) is 17.0. The summed E-state index contributed by atoms with van der Waals surface area (Å²) in [6.07, 6.45) is 0. The third kappa shape index (κ3) is 2.96. The molecule has 4 heteroatoms. The predicted octanol–water partition coefficient (Wildman–Crippen LogP) is 4.97. The number of halogens is 1. The predicted molar refractivity (Wildman–Crippen MR) is 108 cm³/mol. The van der Waals surface area contributed by atoms with Gasteiger partial charge in [-0.15, -0.1) is 0 Å². The van der Waals surface area contributed by atoms with Crippen LogP contribution in [0.25, 0.3) is 0 Å². The Hall–Kier alpha value is -2.43. The number of carbonyl (C=O) groups is 1. The quantitative estimate of drug-likeness (QED) is 0.610. The van der Waals surface area contributed by atoms with Crippen molar-refractivity contribution in [1.29, 1.82) is 0 Å². The Labute approximate surface area is 162 Å². The van der Waals surface area contributed by atoms with E-state index in [1.54, 1.807) is 0 Å². The molecule has 1 amide bonds. The fourth-order valence-electron chi connectivity index (χ4n) is 3.56. The van der Waals surface area contributed by atoms with Gasteiger partial charge in [0.25, 0.3) is 5.91 Å². The minimum Gasteiger partial charge on any atom is -0.272 e. The zero-order valence-electron chi connectivity index (χ0n) is 14.5. The van der Waals surface area contributed by atoms with Gasteiger partial charge in [0.15, 0.2) is 0 Å². The summed E-state index contributed by atoms with van der Waals surface area (Å²) >= 11 is 3.60. The van der Waals surface area contributed by atoms with Crippen molar-refractivity contribution in [3.63, 3.8) is 0 Å². The van der Waals surface area contributed by atoms with E-state index in [1.807, 2.05) is 83.8 Å². The maximum absolute atomic E-state index is 13.4. The topological polar surface area (TPSA) is 23.6 Å². The zero-order valence-corrected chi connectivity index (χ0v) is 16.1. The van der Waals surface area contributed by atoms with Crippen LogP contribution >= 0.6 is 15.9 Å². The number of hydrazine groups is 1. The lowest BCUT2D eigenvalue weighted by Gasteiger charge is -2.29. The van der Waals surface area contributed by atoms with Gasteiger partial charge in [0, 0.05) is 18.1 Å². The van der Waals surface area contributed by atoms with Gasteiger partial charge in [-0.25, -0.2) is 10.0 Å². The van der Waals surface area contributed by atoms with Gasteiger partial charge in [-0.2, -0.15) is 0 Å². The molecule has 0 bridgehead atoms. The molecular weight excluding hydrogens is 388 g/mol. The molecule has 130 valence electrons. The van der Waals surface area contributed by atoms with Gasteiger partial charge >= 0.3 is 0 Å². The van der Waals surface area contributed by atoms with E-state index in [4.69, 9.17) is 0 Å². The van der Waals surface area contributed by atoms with Crippen molar-refractivity contribution < 1.29 is 4.79 Å². The molecule has 0 N–H and O–H groups in total. The van der Waals surface area contributed by atoms with E-state index in [9.17, 15) is 4.79 Å². The van der Waals surface area contributed by atoms with E-state index in [1.165, 1.54) is 0 Å². The highest BCUT2D eigenvalue weighted by Crippen LogP contribution is 2.41. The Morgan fingerprint density at radius 3 is 2.35 bits per heavy atom. The highest BCUT2D eigenvalue weighted by molar-refractivity contribution is 9.10. The van der Waals surface area contributed by atoms with Crippen LogP contribution in [0.1, 0.15) is 22.6 Å². The lowest BCUT2D eigenvalue weighted by atomic mass is 9.93. The molecule has 1 atom stereocenters. The van der Waals surface area contributed by atoms with Crippen LogP contribution in [-0.4, -0.2) is 18.0 Å². The van der Waals surface area contributed by atoms with Gasteiger partial charge in [-0.1, -0.05) is 82.7 Å². The summed E-state index contributed by atoms with van der Waals surface area (Å²) in [7, 11) is 1.96. The van der Waals surface area contributed by atoms with Gasteiger partial charge in [0.05, 0.1) is 11.6 Å². The maximum Gasteiger partial charge on any atom is 0.253 e. The normalized spacial score (nSPS) is 16.2. The maximum atomic E-state index is 13.4. The second kappa shape index (κ2) is 7.06. The molecule has 0 aliphatic carbocycles. The monoisotopic (exact) mass is 406 g/mol. The van der Waals surface area contributed by atoms with Crippen LogP contribution in [0.15, 0.2) is 83.3 Å². The van der Waals surface area contributed by atoms with Crippen LogP contribution in [0.5, 0.6) is 0 Å². The van der Waals surface area contributed by atoms with E-state index in [0.717, 1.165) is 26.9 Å². The van der Waals surface area contributed by atoms with E-state index in [-0.39, 0.29) is 11.8 Å². The van der Waals surface area contributed by atoms with Crippen LogP contribution in [-0.2, 0) is 11.3 Å². The first-order valence-corrected chi connectivity index (χ1v) is 9.38. The Morgan fingerprint density at radius 2 is 1.58 bits per heavy atom. The van der Waals surface area contributed by atoms with Crippen molar-refractivity contribution in [2.24, 2.45) is 0 Å². The average Bonchev–Trinajstić information content (AvgIpc) is 2.96. The minimum atomic E-state index is -0.255. The minimum absolute atomic E-state index is 0.0898. The number of amides is 1. The molecule has 4 rings (SSSR count). The van der Waals surface area contributed by atoms with Crippen molar-refractivity contribution in [1.82, 2.24) is 5.01 Å². The Morgan fingerprint density at radius 1 is 0.923 bits per heavy atom. The molecule has 0 spiro atoms. The standard InChI is InChI=1S/C22H19BrN2O/c1-24(15-17-11-5-7-13-19(17)23)25-20-14-8-6-12-18(20)21(22(25)26)16-9-3-2-4-10-16/h2-14,21H,15H2,1H3/t21-/m0/s1. The summed E-state index contributed by atoms with van der Waals surface area (Å²) in [4.78, 5) is 13.4. The third-order valence-corrected chi connectivity index (χ3v) is 5.54. The molecule has 3 nitrogen and oxygen atoms in total. The van der Waals surface area contributed by atoms with Gasteiger partial charge in [-0.3, -0.25) is 4.79 Å². The number of para-hydroxylation sites is 1. The molecule has 0 unspecified atom stereocenters. The molecule has 26 heavy (non-hydrogen) atoms. The fraction of sp³-hybridized carbons (Fsp3) is 0.136. The third-order valence-electron chi connectivity index (χ3n) is 4.76. The summed E-state index contributed by atoms with van der Waals surface area (Å²) in [6, 6.07) is 26.2. The molecular formula is C22H19BrN2O. The average molecular weight is 407 g/mol. The number of hydrogen-bond donors (Lipinski definition) is 0. The summed E-state index contributed by atoms with van der Waals surface area (Å²) in [5, 5.41) is 3.80. The van der Waals surface area contributed by atoms with Crippen LogP contribution in [0.3, 0.4) is 0 Å². The molecule has 0 saturated carbocycles. The molecule has 0 radical (unpaired) electrons. The van der Waals surface area contributed by atoms with Crippen LogP contribution in [0.2, 0.25) is 0 Å². The van der Waals surface area contributed by atoms with Gasteiger partial charge in [0.1, 0.15) is 0 Å². The second-order valence-corrected chi connectivity index (χ2v) is 7.31. The first-order chi connectivity index (χ1) is 12.7. The molecule has 1 aliphatic heterocycles. The number of benzene rings is 3. The van der Waals surface area contributed by atoms with Crippen molar-refractivity contribution in [3.8, 4) is 0 Å². The lowest BCUT2D eigenvalue weighted by molar-refractivity contribution is -0.121. The highest BCUT2D eigenvalue weighted by atomic mass is 79.9. The van der Waals surface area contributed by atoms with Crippen molar-refractivity contribution in [2.45, 2.75) is 12.5 Å². The summed E-state index contributed by atoms with van der Waals surface area (Å²) in [5.41, 5.74) is 4.19. The van der Waals surface area contributed by atoms with Crippen molar-refractivity contribution in [3.05, 3.63) is 100 Å².